The van der Waals surface area contributed by atoms with Gasteiger partial charge >= 0.3 is 0 Å². The molecule has 0 saturated heterocycles. The van der Waals surface area contributed by atoms with Crippen LogP contribution in [-0.2, 0) is 0 Å². The molecule has 0 aliphatic heterocycles. The van der Waals surface area contributed by atoms with Crippen LogP contribution in [0.15, 0.2) is 30.3 Å². The van der Waals surface area contributed by atoms with Crippen molar-refractivity contribution in [1.29, 1.82) is 0 Å². The molecule has 0 fully saturated rings. The number of carbonyl (C=O) groups excluding carboxylic acids is 1. The molecule has 1 amide bonds. The minimum atomic E-state index is -0.400. The van der Waals surface area contributed by atoms with E-state index in [0.29, 0.717) is 26.3 Å². The molecule has 0 bridgehead atoms. The van der Waals surface area contributed by atoms with E-state index in [-0.39, 0.29) is 5.91 Å². The number of hydrogen-bond donors (Lipinski definition) is 1. The van der Waals surface area contributed by atoms with Crippen molar-refractivity contribution in [2.75, 3.05) is 19.5 Å². The van der Waals surface area contributed by atoms with Gasteiger partial charge in [-0.25, -0.2) is 4.39 Å². The summed E-state index contributed by atoms with van der Waals surface area (Å²) in [4.78, 5) is 12.4. The number of ether oxygens (including phenoxy) is 2. The van der Waals surface area contributed by atoms with Gasteiger partial charge in [-0.05, 0) is 59.3 Å². The minimum Gasteiger partial charge on any atom is -0.493 e. The maximum atomic E-state index is 13.3. The van der Waals surface area contributed by atoms with E-state index in [0.717, 1.165) is 5.56 Å². The molecule has 0 radical (unpaired) electrons. The minimum absolute atomic E-state index is 0.334. The molecular weight excluding hydrogens is 400 g/mol. The molecule has 0 saturated carbocycles. The molecule has 1 N–H and O–H groups in total. The van der Waals surface area contributed by atoms with Gasteiger partial charge in [0.2, 0.25) is 0 Å². The Morgan fingerprint density at radius 1 is 1.14 bits per heavy atom. The highest BCUT2D eigenvalue weighted by Gasteiger charge is 2.16. The number of carbonyl (C=O) groups is 1. The Balaban J connectivity index is 2.35. The number of amides is 1. The smallest absolute Gasteiger partial charge is 0.256 e. The maximum absolute atomic E-state index is 13.3. The van der Waals surface area contributed by atoms with Crippen molar-refractivity contribution in [3.8, 4) is 11.5 Å². The van der Waals surface area contributed by atoms with E-state index in [1.807, 2.05) is 22.6 Å². The van der Waals surface area contributed by atoms with Crippen LogP contribution in [0.1, 0.15) is 15.9 Å². The van der Waals surface area contributed by atoms with E-state index < -0.39 is 5.82 Å². The molecule has 0 aliphatic carbocycles. The van der Waals surface area contributed by atoms with Gasteiger partial charge in [-0.3, -0.25) is 4.79 Å². The van der Waals surface area contributed by atoms with Gasteiger partial charge in [0, 0.05) is 9.26 Å². The van der Waals surface area contributed by atoms with Crippen molar-refractivity contribution in [3.63, 3.8) is 0 Å². The molecular formula is C16H15FINO3. The lowest BCUT2D eigenvalue weighted by atomic mass is 10.1. The Kier molecular flexibility index (Phi) is 5.23. The first-order chi connectivity index (χ1) is 10.5. The number of benzene rings is 2. The lowest BCUT2D eigenvalue weighted by Crippen LogP contribution is -2.15. The Bertz CT molecular complexity index is 719. The zero-order valence-corrected chi connectivity index (χ0v) is 14.5. The van der Waals surface area contributed by atoms with Crippen LogP contribution in [0.5, 0.6) is 11.5 Å². The SMILES string of the molecule is COc1cc(I)c(C(=O)Nc2cc(F)ccc2C)cc1OC. The fourth-order valence-corrected chi connectivity index (χ4v) is 2.63. The first-order valence-electron chi connectivity index (χ1n) is 6.45. The van der Waals surface area contributed by atoms with Crippen molar-refractivity contribution in [2.45, 2.75) is 6.92 Å². The van der Waals surface area contributed by atoms with Crippen LogP contribution in [0.2, 0.25) is 0 Å². The summed E-state index contributed by atoms with van der Waals surface area (Å²) in [6.07, 6.45) is 0. The van der Waals surface area contributed by atoms with Gasteiger partial charge in [0.1, 0.15) is 5.82 Å². The summed E-state index contributed by atoms with van der Waals surface area (Å²) in [6, 6.07) is 7.58. The van der Waals surface area contributed by atoms with Crippen molar-refractivity contribution < 1.29 is 18.7 Å². The largest absolute Gasteiger partial charge is 0.493 e. The third-order valence-electron chi connectivity index (χ3n) is 3.17. The van der Waals surface area contributed by atoms with Crippen LogP contribution in [0.3, 0.4) is 0 Å². The van der Waals surface area contributed by atoms with E-state index in [1.165, 1.54) is 26.4 Å². The average molecular weight is 415 g/mol. The summed E-state index contributed by atoms with van der Waals surface area (Å²) in [7, 11) is 3.03. The Morgan fingerprint density at radius 3 is 2.41 bits per heavy atom. The van der Waals surface area contributed by atoms with E-state index in [9.17, 15) is 9.18 Å². The molecule has 2 rings (SSSR count). The second-order valence-electron chi connectivity index (χ2n) is 4.60. The normalized spacial score (nSPS) is 10.2. The molecule has 0 atom stereocenters. The van der Waals surface area contributed by atoms with Crippen LogP contribution < -0.4 is 14.8 Å². The van der Waals surface area contributed by atoms with Crippen molar-refractivity contribution >= 4 is 34.2 Å². The fourth-order valence-electron chi connectivity index (χ4n) is 1.95. The maximum Gasteiger partial charge on any atom is 0.256 e. The predicted molar refractivity (Wildman–Crippen MR) is 91.4 cm³/mol. The quantitative estimate of drug-likeness (QED) is 0.768. The van der Waals surface area contributed by atoms with Crippen LogP contribution in [0.4, 0.5) is 10.1 Å². The van der Waals surface area contributed by atoms with Crippen LogP contribution >= 0.6 is 22.6 Å². The number of aryl methyl sites for hydroxylation is 1. The van der Waals surface area contributed by atoms with Gasteiger partial charge in [-0.1, -0.05) is 6.07 Å². The highest BCUT2D eigenvalue weighted by molar-refractivity contribution is 14.1. The summed E-state index contributed by atoms with van der Waals surface area (Å²) < 4.78 is 24.4. The van der Waals surface area contributed by atoms with E-state index in [1.54, 1.807) is 25.1 Å². The number of rotatable bonds is 4. The van der Waals surface area contributed by atoms with Crippen molar-refractivity contribution in [2.24, 2.45) is 0 Å². The monoisotopic (exact) mass is 415 g/mol. The lowest BCUT2D eigenvalue weighted by molar-refractivity contribution is 0.102. The van der Waals surface area contributed by atoms with E-state index >= 15 is 0 Å². The number of halogens is 2. The molecule has 116 valence electrons. The number of hydrogen-bond acceptors (Lipinski definition) is 3. The topological polar surface area (TPSA) is 47.6 Å². The first-order valence-corrected chi connectivity index (χ1v) is 7.53. The Labute approximate surface area is 141 Å². The lowest BCUT2D eigenvalue weighted by Gasteiger charge is -2.13. The highest BCUT2D eigenvalue weighted by atomic mass is 127. The van der Waals surface area contributed by atoms with Crippen molar-refractivity contribution in [3.05, 3.63) is 50.8 Å². The van der Waals surface area contributed by atoms with E-state index in [2.05, 4.69) is 5.32 Å². The second kappa shape index (κ2) is 6.95. The van der Waals surface area contributed by atoms with Gasteiger partial charge in [-0.15, -0.1) is 0 Å². The number of nitrogens with one attached hydrogen (secondary N) is 1. The van der Waals surface area contributed by atoms with Crippen molar-refractivity contribution in [1.82, 2.24) is 0 Å². The van der Waals surface area contributed by atoms with Gasteiger partial charge < -0.3 is 14.8 Å². The highest BCUT2D eigenvalue weighted by Crippen LogP contribution is 2.31. The first kappa shape index (κ1) is 16.5. The van der Waals surface area contributed by atoms with Gasteiger partial charge in [0.25, 0.3) is 5.91 Å². The van der Waals surface area contributed by atoms with Gasteiger partial charge in [-0.2, -0.15) is 0 Å². The molecule has 6 heteroatoms. The summed E-state index contributed by atoms with van der Waals surface area (Å²) in [5.41, 5.74) is 1.66. The van der Waals surface area contributed by atoms with Crippen LogP contribution in [0.25, 0.3) is 0 Å². The summed E-state index contributed by atoms with van der Waals surface area (Å²) >= 11 is 2.05. The van der Waals surface area contributed by atoms with Gasteiger partial charge in [0.15, 0.2) is 11.5 Å². The zero-order valence-electron chi connectivity index (χ0n) is 12.4. The molecule has 0 unspecified atom stereocenters. The van der Waals surface area contributed by atoms with E-state index in [4.69, 9.17) is 9.47 Å². The van der Waals surface area contributed by atoms with Gasteiger partial charge in [0.05, 0.1) is 19.8 Å². The number of methoxy groups -OCH3 is 2. The molecule has 0 aromatic heterocycles. The van der Waals surface area contributed by atoms with Crippen LogP contribution in [-0.4, -0.2) is 20.1 Å². The molecule has 0 spiro atoms. The third-order valence-corrected chi connectivity index (χ3v) is 4.06. The summed E-state index contributed by atoms with van der Waals surface area (Å²) in [5, 5.41) is 2.72. The summed E-state index contributed by atoms with van der Waals surface area (Å²) in [6.45, 7) is 1.80. The average Bonchev–Trinajstić information content (AvgIpc) is 2.50. The third kappa shape index (κ3) is 3.49. The second-order valence-corrected chi connectivity index (χ2v) is 5.76. The zero-order chi connectivity index (χ0) is 16.3. The number of anilines is 1. The molecule has 0 aliphatic rings. The fraction of sp³-hybridized carbons (Fsp3) is 0.188. The van der Waals surface area contributed by atoms with Crippen LogP contribution in [0, 0.1) is 16.3 Å². The standard InChI is InChI=1S/C16H15FINO3/c1-9-4-5-10(17)6-13(9)19-16(20)11-7-14(21-2)15(22-3)8-12(11)18/h4-8H,1-3H3,(H,19,20). The summed E-state index contributed by atoms with van der Waals surface area (Å²) in [5.74, 6) is 0.274. The molecule has 4 nitrogen and oxygen atoms in total. The Morgan fingerprint density at radius 2 is 1.77 bits per heavy atom. The Hall–Kier alpha value is -1.83. The molecule has 22 heavy (non-hydrogen) atoms. The molecule has 2 aromatic carbocycles. The molecule has 0 heterocycles. The molecule has 2 aromatic rings. The predicted octanol–water partition coefficient (Wildman–Crippen LogP) is 4.01.